The Balaban J connectivity index is 5.50. The van der Waals surface area contributed by atoms with Crippen molar-refractivity contribution in [1.82, 2.24) is 0 Å². The van der Waals surface area contributed by atoms with Crippen LogP contribution < -0.4 is 0 Å². The Morgan fingerprint density at radius 1 is 0.650 bits per heavy atom. The van der Waals surface area contributed by atoms with Crippen LogP contribution in [0.25, 0.3) is 0 Å². The maximum atomic E-state index is 2.74. The van der Waals surface area contributed by atoms with E-state index < -0.39 is 32.3 Å². The monoisotopic (exact) mass is 344 g/mol. The molecule has 0 aromatic heterocycles. The van der Waals surface area contributed by atoms with Gasteiger partial charge in [-0.1, -0.05) is 89.5 Å². The first-order valence-electron chi connectivity index (χ1n) is 8.18. The number of rotatable bonds is 6. The van der Waals surface area contributed by atoms with Crippen molar-refractivity contribution in [3.63, 3.8) is 0 Å². The molecule has 0 amide bonds. The van der Waals surface area contributed by atoms with Gasteiger partial charge in [0.1, 0.15) is 0 Å². The molecule has 0 unspecified atom stereocenters. The lowest BCUT2D eigenvalue weighted by Crippen LogP contribution is -2.44. The van der Waals surface area contributed by atoms with Gasteiger partial charge in [-0.3, -0.25) is 0 Å². The molecule has 0 aliphatic rings. The Morgan fingerprint density at radius 3 is 1.15 bits per heavy atom. The fraction of sp³-hybridized carbons (Fsp3) is 0.875. The SMILES string of the molecule is C[Si](C)(C)C(=CCC([Si](C)(C)C)[Si](C)(C)C)[Si](C)(C)C. The Morgan fingerprint density at radius 2 is 0.950 bits per heavy atom. The van der Waals surface area contributed by atoms with Gasteiger partial charge in [0.05, 0.1) is 16.1 Å². The summed E-state index contributed by atoms with van der Waals surface area (Å²) in [6.45, 7) is 30.7. The molecule has 0 radical (unpaired) electrons. The summed E-state index contributed by atoms with van der Waals surface area (Å²) in [5.74, 6) is 0. The Kier molecular flexibility index (Phi) is 6.58. The van der Waals surface area contributed by atoms with E-state index in [9.17, 15) is 0 Å². The van der Waals surface area contributed by atoms with Crippen LogP contribution in [-0.2, 0) is 0 Å². The van der Waals surface area contributed by atoms with Crippen molar-refractivity contribution in [3.8, 4) is 0 Å². The van der Waals surface area contributed by atoms with E-state index >= 15 is 0 Å². The second kappa shape index (κ2) is 6.39. The van der Waals surface area contributed by atoms with E-state index in [0.717, 1.165) is 5.16 Å². The average Bonchev–Trinajstić information content (AvgIpc) is 2.02. The van der Waals surface area contributed by atoms with Gasteiger partial charge in [0.15, 0.2) is 0 Å². The van der Waals surface area contributed by atoms with Crippen LogP contribution >= 0.6 is 0 Å². The molecule has 0 N–H and O–H groups in total. The molecular formula is C16H40Si4. The maximum absolute atomic E-state index is 2.74. The smallest absolute Gasteiger partial charge is 0.0677 e. The minimum Gasteiger partial charge on any atom is -0.0950 e. The van der Waals surface area contributed by atoms with Crippen molar-refractivity contribution < 1.29 is 0 Å². The molecule has 0 saturated carbocycles. The van der Waals surface area contributed by atoms with E-state index in [0.29, 0.717) is 0 Å². The first kappa shape index (κ1) is 20.6. The largest absolute Gasteiger partial charge is 0.0950 e. The second-order valence-corrected chi connectivity index (χ2v) is 32.7. The molecule has 0 atom stereocenters. The third-order valence-corrected chi connectivity index (χ3v) is 22.3. The predicted molar refractivity (Wildman–Crippen MR) is 110 cm³/mol. The van der Waals surface area contributed by atoms with Crippen LogP contribution in [0.15, 0.2) is 10.9 Å². The van der Waals surface area contributed by atoms with Crippen LogP contribution in [0, 0.1) is 0 Å². The van der Waals surface area contributed by atoms with Gasteiger partial charge in [-0.15, -0.1) is 0 Å². The molecular weight excluding hydrogens is 305 g/mol. The van der Waals surface area contributed by atoms with E-state index in [1.54, 1.807) is 0 Å². The van der Waals surface area contributed by atoms with Gasteiger partial charge in [-0.25, -0.2) is 0 Å². The third-order valence-electron chi connectivity index (χ3n) is 4.26. The van der Waals surface area contributed by atoms with E-state index in [4.69, 9.17) is 0 Å². The van der Waals surface area contributed by atoms with Crippen molar-refractivity contribution in [3.05, 3.63) is 10.9 Å². The lowest BCUT2D eigenvalue weighted by Gasteiger charge is -2.39. The lowest BCUT2D eigenvalue weighted by atomic mass is 10.5. The van der Waals surface area contributed by atoms with Gasteiger partial charge < -0.3 is 0 Å². The van der Waals surface area contributed by atoms with Gasteiger partial charge >= 0.3 is 0 Å². The molecule has 20 heavy (non-hydrogen) atoms. The zero-order chi connectivity index (χ0) is 16.6. The van der Waals surface area contributed by atoms with Crippen LogP contribution in [0.3, 0.4) is 0 Å². The Labute approximate surface area is 133 Å². The van der Waals surface area contributed by atoms with E-state index in [1.807, 2.05) is 4.82 Å². The molecule has 0 fully saturated rings. The standard InChI is InChI=1S/C16H40Si4/c1-17(2,3)15(18(4,5)6)13-14-16(19(7,8)9)20(10,11)12/h13,16H,14H2,1-12H3. The summed E-state index contributed by atoms with van der Waals surface area (Å²) < 4.78 is 0. The lowest BCUT2D eigenvalue weighted by molar-refractivity contribution is 1.03. The summed E-state index contributed by atoms with van der Waals surface area (Å²) in [5, 5.41) is 1.01. The van der Waals surface area contributed by atoms with Crippen molar-refractivity contribution in [2.45, 2.75) is 90.1 Å². The van der Waals surface area contributed by atoms with E-state index in [1.165, 1.54) is 6.42 Å². The van der Waals surface area contributed by atoms with Gasteiger partial charge in [0.2, 0.25) is 0 Å². The minimum absolute atomic E-state index is 1.01. The summed E-state index contributed by atoms with van der Waals surface area (Å²) >= 11 is 0. The van der Waals surface area contributed by atoms with Crippen molar-refractivity contribution in [1.29, 1.82) is 0 Å². The van der Waals surface area contributed by atoms with Crippen molar-refractivity contribution in [2.75, 3.05) is 0 Å². The number of allylic oxidation sites excluding steroid dienone is 1. The highest BCUT2D eigenvalue weighted by Gasteiger charge is 2.37. The highest BCUT2D eigenvalue weighted by molar-refractivity contribution is 7.04. The first-order chi connectivity index (χ1) is 8.47. The quantitative estimate of drug-likeness (QED) is 0.473. The van der Waals surface area contributed by atoms with E-state index in [-0.39, 0.29) is 0 Å². The molecule has 0 spiro atoms. The van der Waals surface area contributed by atoms with Crippen LogP contribution in [0.1, 0.15) is 6.42 Å². The molecule has 0 aromatic carbocycles. The van der Waals surface area contributed by atoms with Gasteiger partial charge in [0, 0.05) is 16.1 Å². The number of hydrogen-bond donors (Lipinski definition) is 0. The molecule has 120 valence electrons. The molecule has 0 aliphatic carbocycles. The van der Waals surface area contributed by atoms with Crippen LogP contribution in [0.5, 0.6) is 0 Å². The maximum Gasteiger partial charge on any atom is 0.0677 e. The fourth-order valence-electron chi connectivity index (χ4n) is 3.98. The first-order valence-corrected chi connectivity index (χ1v) is 22.3. The molecule has 0 heterocycles. The van der Waals surface area contributed by atoms with Crippen LogP contribution in [0.4, 0.5) is 0 Å². The molecule has 0 rings (SSSR count). The zero-order valence-electron chi connectivity index (χ0n) is 16.4. The highest BCUT2D eigenvalue weighted by Crippen LogP contribution is 2.37. The molecule has 0 nitrogen and oxygen atoms in total. The van der Waals surface area contributed by atoms with E-state index in [2.05, 4.69) is 84.6 Å². The predicted octanol–water partition coefficient (Wildman–Crippen LogP) is 6.64. The highest BCUT2D eigenvalue weighted by atomic mass is 28.4. The van der Waals surface area contributed by atoms with Gasteiger partial charge in [-0.05, 0) is 11.6 Å². The zero-order valence-corrected chi connectivity index (χ0v) is 20.4. The normalized spacial score (nSPS) is 14.7. The number of hydrogen-bond acceptors (Lipinski definition) is 0. The topological polar surface area (TPSA) is 0 Å². The summed E-state index contributed by atoms with van der Waals surface area (Å²) in [5.41, 5.74) is 0. The second-order valence-electron chi connectivity index (χ2n) is 10.6. The van der Waals surface area contributed by atoms with Crippen LogP contribution in [-0.4, -0.2) is 32.3 Å². The molecule has 0 aliphatic heterocycles. The minimum atomic E-state index is -1.15. The Hall–Kier alpha value is 0.608. The summed E-state index contributed by atoms with van der Waals surface area (Å²) in [7, 11) is -4.42. The summed E-state index contributed by atoms with van der Waals surface area (Å²) in [4.78, 5) is 1.91. The van der Waals surface area contributed by atoms with Crippen LogP contribution in [0.2, 0.25) is 83.7 Å². The Bertz CT molecular complexity index is 313. The average molecular weight is 345 g/mol. The molecule has 0 aromatic rings. The molecule has 4 heteroatoms. The van der Waals surface area contributed by atoms with Crippen molar-refractivity contribution in [2.24, 2.45) is 0 Å². The fourth-order valence-corrected chi connectivity index (χ4v) is 26.5. The third kappa shape index (κ3) is 6.58. The van der Waals surface area contributed by atoms with Gasteiger partial charge in [-0.2, -0.15) is 0 Å². The molecule has 0 bridgehead atoms. The van der Waals surface area contributed by atoms with Gasteiger partial charge in [0.25, 0.3) is 0 Å². The summed E-state index contributed by atoms with van der Waals surface area (Å²) in [6, 6.07) is 0. The van der Waals surface area contributed by atoms with Crippen molar-refractivity contribution >= 4 is 32.3 Å². The molecule has 0 saturated heterocycles. The summed E-state index contributed by atoms with van der Waals surface area (Å²) in [6.07, 6.45) is 4.11.